The summed E-state index contributed by atoms with van der Waals surface area (Å²) in [4.78, 5) is 6.28. The second-order valence-corrected chi connectivity index (χ2v) is 7.78. The summed E-state index contributed by atoms with van der Waals surface area (Å²) in [5, 5.41) is 14.0. The first kappa shape index (κ1) is 23.0. The van der Waals surface area contributed by atoms with Gasteiger partial charge in [-0.3, -0.25) is 9.80 Å². The van der Waals surface area contributed by atoms with Crippen LogP contribution in [-0.2, 0) is 6.54 Å². The average Bonchev–Trinajstić information content (AvgIpc) is 2.58. The number of β-amino-alcohol motifs (C(OH)–C–C–N with tert-alkyl or cyclic N) is 1. The predicted molar refractivity (Wildman–Crippen MR) is 111 cm³/mol. The average molecular weight is 408 g/mol. The zero-order chi connectivity index (χ0) is 16.1. The maximum atomic E-state index is 10.7. The maximum absolute atomic E-state index is 10.7. The van der Waals surface area contributed by atoms with Gasteiger partial charge in [0.2, 0.25) is 0 Å². The van der Waals surface area contributed by atoms with Crippen molar-refractivity contribution in [2.75, 3.05) is 52.1 Å². The number of benzene rings is 1. The van der Waals surface area contributed by atoms with Gasteiger partial charge in [0.15, 0.2) is 0 Å². The Labute approximate surface area is 168 Å². The lowest BCUT2D eigenvalue weighted by Crippen LogP contribution is -2.56. The Hall–Kier alpha value is -0.0100. The molecule has 1 atom stereocenters. The summed E-state index contributed by atoms with van der Waals surface area (Å²) in [6, 6.07) is 8.91. The Bertz CT molecular complexity index is 490. The minimum atomic E-state index is -0.520. The third kappa shape index (κ3) is 6.90. The van der Waals surface area contributed by atoms with E-state index in [2.05, 4.69) is 45.6 Å². The van der Waals surface area contributed by atoms with E-state index in [9.17, 15) is 5.11 Å². The van der Waals surface area contributed by atoms with Crippen molar-refractivity contribution >= 4 is 36.6 Å². The number of halogens is 2. The van der Waals surface area contributed by atoms with E-state index >= 15 is 0 Å². The second kappa shape index (κ2) is 11.0. The summed E-state index contributed by atoms with van der Waals surface area (Å²) in [5.74, 6) is 0. The third-order valence-electron chi connectivity index (χ3n) is 5.00. The molecule has 1 aromatic rings. The van der Waals surface area contributed by atoms with Gasteiger partial charge in [0.1, 0.15) is 0 Å². The molecule has 25 heavy (non-hydrogen) atoms. The van der Waals surface area contributed by atoms with E-state index in [4.69, 9.17) is 0 Å². The van der Waals surface area contributed by atoms with Gasteiger partial charge in [-0.05, 0) is 43.3 Å². The zero-order valence-corrected chi connectivity index (χ0v) is 17.4. The van der Waals surface area contributed by atoms with Gasteiger partial charge in [-0.25, -0.2) is 0 Å². The zero-order valence-electron chi connectivity index (χ0n) is 14.9. The fourth-order valence-electron chi connectivity index (χ4n) is 3.60. The van der Waals surface area contributed by atoms with Gasteiger partial charge in [0.05, 0.1) is 5.60 Å². The molecule has 0 saturated carbocycles. The van der Waals surface area contributed by atoms with Crippen LogP contribution in [0.3, 0.4) is 0 Å². The Balaban J connectivity index is 0.00000156. The molecule has 2 aliphatic rings. The summed E-state index contributed by atoms with van der Waals surface area (Å²) >= 11 is 1.79. The van der Waals surface area contributed by atoms with Crippen LogP contribution in [0.1, 0.15) is 18.4 Å². The van der Waals surface area contributed by atoms with E-state index < -0.39 is 5.60 Å². The highest BCUT2D eigenvalue weighted by atomic mass is 35.5. The van der Waals surface area contributed by atoms with E-state index in [0.717, 1.165) is 65.2 Å². The van der Waals surface area contributed by atoms with E-state index in [0.29, 0.717) is 0 Å². The number of piperazine rings is 1. The van der Waals surface area contributed by atoms with Gasteiger partial charge in [-0.1, -0.05) is 12.1 Å². The smallest absolute Gasteiger partial charge is 0.0898 e. The highest BCUT2D eigenvalue weighted by Gasteiger charge is 2.32. The minimum absolute atomic E-state index is 0. The Kier molecular flexibility index (Phi) is 10.1. The van der Waals surface area contributed by atoms with Crippen LogP contribution in [0.5, 0.6) is 0 Å². The van der Waals surface area contributed by atoms with Gasteiger partial charge >= 0.3 is 0 Å². The van der Waals surface area contributed by atoms with Crippen molar-refractivity contribution in [2.45, 2.75) is 29.9 Å². The van der Waals surface area contributed by atoms with Crippen molar-refractivity contribution < 1.29 is 5.11 Å². The quantitative estimate of drug-likeness (QED) is 0.733. The molecule has 1 aromatic carbocycles. The molecule has 0 bridgehead atoms. The molecule has 0 radical (unpaired) electrons. The SMILES string of the molecule is CSc1ccc(CN2CCN(CC3(O)CCCNC3)CC2)cc1.Cl.Cl. The first-order valence-electron chi connectivity index (χ1n) is 8.68. The monoisotopic (exact) mass is 407 g/mol. The summed E-state index contributed by atoms with van der Waals surface area (Å²) in [5.41, 5.74) is 0.875. The molecule has 2 N–H and O–H groups in total. The first-order chi connectivity index (χ1) is 11.2. The highest BCUT2D eigenvalue weighted by molar-refractivity contribution is 7.98. The molecule has 2 fully saturated rings. The highest BCUT2D eigenvalue weighted by Crippen LogP contribution is 2.19. The Morgan fingerprint density at radius 3 is 2.28 bits per heavy atom. The van der Waals surface area contributed by atoms with Gasteiger partial charge in [0.25, 0.3) is 0 Å². The maximum Gasteiger partial charge on any atom is 0.0898 e. The van der Waals surface area contributed by atoms with Gasteiger partial charge in [-0.2, -0.15) is 0 Å². The van der Waals surface area contributed by atoms with Crippen LogP contribution in [0.15, 0.2) is 29.2 Å². The number of hydrogen-bond donors (Lipinski definition) is 2. The molecular formula is C18H31Cl2N3OS. The normalized spacial score (nSPS) is 25.0. The van der Waals surface area contributed by atoms with Crippen molar-refractivity contribution in [3.8, 4) is 0 Å². The van der Waals surface area contributed by atoms with Crippen LogP contribution < -0.4 is 5.32 Å². The first-order valence-corrected chi connectivity index (χ1v) is 9.90. The van der Waals surface area contributed by atoms with Crippen LogP contribution in [-0.4, -0.2) is 72.6 Å². The van der Waals surface area contributed by atoms with Crippen molar-refractivity contribution in [3.63, 3.8) is 0 Å². The second-order valence-electron chi connectivity index (χ2n) is 6.91. The standard InChI is InChI=1S/C18H29N3OS.2ClH/c1-23-17-5-3-16(4-6-17)13-20-9-11-21(12-10-20)15-18(22)7-2-8-19-14-18;;/h3-6,19,22H,2,7-15H2,1H3;2*1H. The van der Waals surface area contributed by atoms with Gasteiger partial charge < -0.3 is 10.4 Å². The molecule has 7 heteroatoms. The topological polar surface area (TPSA) is 38.7 Å². The molecule has 0 aliphatic carbocycles. The summed E-state index contributed by atoms with van der Waals surface area (Å²) < 4.78 is 0. The number of aliphatic hydroxyl groups is 1. The summed E-state index contributed by atoms with van der Waals surface area (Å²) in [7, 11) is 0. The van der Waals surface area contributed by atoms with E-state index in [1.807, 2.05) is 0 Å². The molecule has 0 aromatic heterocycles. The lowest BCUT2D eigenvalue weighted by molar-refractivity contribution is -0.0262. The van der Waals surface area contributed by atoms with Crippen LogP contribution in [0.4, 0.5) is 0 Å². The predicted octanol–water partition coefficient (Wildman–Crippen LogP) is 2.48. The minimum Gasteiger partial charge on any atom is -0.387 e. The fraction of sp³-hybridized carbons (Fsp3) is 0.667. The molecule has 3 rings (SSSR count). The number of rotatable bonds is 5. The van der Waals surface area contributed by atoms with Crippen LogP contribution >= 0.6 is 36.6 Å². The number of nitrogens with one attached hydrogen (secondary N) is 1. The number of hydrogen-bond acceptors (Lipinski definition) is 5. The van der Waals surface area contributed by atoms with E-state index in [1.165, 1.54) is 10.5 Å². The molecule has 2 heterocycles. The lowest BCUT2D eigenvalue weighted by atomic mass is 9.93. The van der Waals surface area contributed by atoms with E-state index in [-0.39, 0.29) is 24.8 Å². The fourth-order valence-corrected chi connectivity index (χ4v) is 4.01. The number of piperidine rings is 1. The summed E-state index contributed by atoms with van der Waals surface area (Å²) in [6.45, 7) is 7.95. The van der Waals surface area contributed by atoms with Crippen LogP contribution in [0.25, 0.3) is 0 Å². The Morgan fingerprint density at radius 2 is 1.72 bits per heavy atom. The van der Waals surface area contributed by atoms with E-state index in [1.54, 1.807) is 11.8 Å². The Morgan fingerprint density at radius 1 is 1.08 bits per heavy atom. The molecule has 2 saturated heterocycles. The van der Waals surface area contributed by atoms with Crippen LogP contribution in [0, 0.1) is 0 Å². The van der Waals surface area contributed by atoms with Gasteiger partial charge in [0, 0.05) is 50.7 Å². The van der Waals surface area contributed by atoms with Crippen LogP contribution in [0.2, 0.25) is 0 Å². The number of nitrogens with zero attached hydrogens (tertiary/aromatic N) is 2. The molecule has 2 aliphatic heterocycles. The van der Waals surface area contributed by atoms with Gasteiger partial charge in [-0.15, -0.1) is 36.6 Å². The van der Waals surface area contributed by atoms with Crippen molar-refractivity contribution in [1.82, 2.24) is 15.1 Å². The molecule has 1 unspecified atom stereocenters. The number of thioether (sulfide) groups is 1. The van der Waals surface area contributed by atoms with Crippen molar-refractivity contribution in [2.24, 2.45) is 0 Å². The molecular weight excluding hydrogens is 377 g/mol. The third-order valence-corrected chi connectivity index (χ3v) is 5.74. The molecule has 4 nitrogen and oxygen atoms in total. The summed E-state index contributed by atoms with van der Waals surface area (Å²) in [6.07, 6.45) is 4.13. The lowest BCUT2D eigenvalue weighted by Gasteiger charge is -2.41. The molecule has 0 spiro atoms. The largest absolute Gasteiger partial charge is 0.387 e. The molecule has 0 amide bonds. The van der Waals surface area contributed by atoms with Crippen molar-refractivity contribution in [3.05, 3.63) is 29.8 Å². The van der Waals surface area contributed by atoms with Crippen molar-refractivity contribution in [1.29, 1.82) is 0 Å². The molecule has 144 valence electrons.